The molecule has 1 N–H and O–H groups in total. The van der Waals surface area contributed by atoms with Crippen LogP contribution in [0.15, 0.2) is 54.6 Å². The number of thioether (sulfide) groups is 1. The van der Waals surface area contributed by atoms with Crippen LogP contribution in [0.1, 0.15) is 23.3 Å². The summed E-state index contributed by atoms with van der Waals surface area (Å²) in [5, 5.41) is 3.26. The second-order valence-corrected chi connectivity index (χ2v) is 6.32. The molecule has 0 saturated carbocycles. The Morgan fingerprint density at radius 1 is 1.14 bits per heavy atom. The van der Waals surface area contributed by atoms with Crippen LogP contribution in [0.5, 0.6) is 5.75 Å². The minimum atomic E-state index is 0.0589. The fourth-order valence-electron chi connectivity index (χ4n) is 2.02. The zero-order valence-electron chi connectivity index (χ0n) is 12.9. The van der Waals surface area contributed by atoms with Crippen molar-refractivity contribution in [3.8, 4) is 5.75 Å². The minimum absolute atomic E-state index is 0.0589. The van der Waals surface area contributed by atoms with Crippen molar-refractivity contribution in [2.24, 2.45) is 0 Å². The Kier molecular flexibility index (Phi) is 6.34. The molecule has 0 saturated heterocycles. The highest BCUT2D eigenvalue weighted by Crippen LogP contribution is 2.27. The van der Waals surface area contributed by atoms with Gasteiger partial charge >= 0.3 is 0 Å². The monoisotopic (exact) mass is 315 g/mol. The van der Waals surface area contributed by atoms with Crippen molar-refractivity contribution < 1.29 is 9.53 Å². The lowest BCUT2D eigenvalue weighted by Crippen LogP contribution is -2.24. The van der Waals surface area contributed by atoms with Crippen molar-refractivity contribution in [1.29, 1.82) is 0 Å². The molecule has 22 heavy (non-hydrogen) atoms. The fraction of sp³-hybridized carbons (Fsp3) is 0.278. The normalized spacial score (nSPS) is 11.7. The van der Waals surface area contributed by atoms with Gasteiger partial charge in [0.15, 0.2) is 0 Å². The molecule has 0 aliphatic rings. The molecular weight excluding hydrogens is 294 g/mol. The molecular formula is C18H21NO2S. The summed E-state index contributed by atoms with van der Waals surface area (Å²) in [4.78, 5) is 11.9. The van der Waals surface area contributed by atoms with E-state index in [1.807, 2.05) is 42.5 Å². The van der Waals surface area contributed by atoms with Crippen molar-refractivity contribution in [3.63, 3.8) is 0 Å². The lowest BCUT2D eigenvalue weighted by atomic mass is 10.2. The summed E-state index contributed by atoms with van der Waals surface area (Å²) in [6, 6.07) is 17.9. The van der Waals surface area contributed by atoms with Gasteiger partial charge in [0.05, 0.1) is 12.9 Å². The molecule has 0 aromatic heterocycles. The molecule has 1 atom stereocenters. The van der Waals surface area contributed by atoms with Gasteiger partial charge in [-0.2, -0.15) is 0 Å². The third-order valence-electron chi connectivity index (χ3n) is 3.38. The molecule has 2 rings (SSSR count). The molecule has 0 heterocycles. The van der Waals surface area contributed by atoms with Crippen LogP contribution in [-0.2, 0) is 11.3 Å². The second-order valence-electron chi connectivity index (χ2n) is 4.99. The Bertz CT molecular complexity index is 584. The lowest BCUT2D eigenvalue weighted by molar-refractivity contribution is -0.118. The number of ether oxygens (including phenoxy) is 1. The van der Waals surface area contributed by atoms with Crippen LogP contribution in [0, 0.1) is 0 Å². The SMILES string of the molecule is COc1ccc(CNC(=O)CS[C@@H](C)c2ccccc2)cc1. The van der Waals surface area contributed by atoms with Crippen molar-refractivity contribution in [2.45, 2.75) is 18.7 Å². The van der Waals surface area contributed by atoms with E-state index in [1.165, 1.54) is 5.56 Å². The zero-order valence-corrected chi connectivity index (χ0v) is 13.7. The number of nitrogens with one attached hydrogen (secondary N) is 1. The van der Waals surface area contributed by atoms with E-state index < -0.39 is 0 Å². The Hall–Kier alpha value is -1.94. The first-order valence-corrected chi connectivity index (χ1v) is 8.30. The first-order valence-electron chi connectivity index (χ1n) is 7.25. The van der Waals surface area contributed by atoms with Crippen LogP contribution in [0.25, 0.3) is 0 Å². The molecule has 0 unspecified atom stereocenters. The fourth-order valence-corrected chi connectivity index (χ4v) is 2.87. The molecule has 0 radical (unpaired) electrons. The third kappa shape index (κ3) is 5.11. The largest absolute Gasteiger partial charge is 0.497 e. The van der Waals surface area contributed by atoms with E-state index in [0.717, 1.165) is 11.3 Å². The van der Waals surface area contributed by atoms with Gasteiger partial charge in [-0.25, -0.2) is 0 Å². The molecule has 3 nitrogen and oxygen atoms in total. The highest BCUT2D eigenvalue weighted by Gasteiger charge is 2.08. The van der Waals surface area contributed by atoms with E-state index in [2.05, 4.69) is 24.4 Å². The molecule has 0 spiro atoms. The van der Waals surface area contributed by atoms with E-state index in [4.69, 9.17) is 4.74 Å². The van der Waals surface area contributed by atoms with Gasteiger partial charge < -0.3 is 10.1 Å². The molecule has 0 fully saturated rings. The van der Waals surface area contributed by atoms with Gasteiger partial charge in [-0.05, 0) is 30.2 Å². The Labute approximate surface area is 136 Å². The van der Waals surface area contributed by atoms with Crippen molar-refractivity contribution >= 4 is 17.7 Å². The summed E-state index contributed by atoms with van der Waals surface area (Å²) in [7, 11) is 1.64. The Balaban J connectivity index is 1.73. The van der Waals surface area contributed by atoms with Gasteiger partial charge in [0.2, 0.25) is 5.91 Å². The molecule has 0 aliphatic carbocycles. The maximum atomic E-state index is 11.9. The van der Waals surface area contributed by atoms with Crippen molar-refractivity contribution in [3.05, 3.63) is 65.7 Å². The topological polar surface area (TPSA) is 38.3 Å². The quantitative estimate of drug-likeness (QED) is 0.844. The van der Waals surface area contributed by atoms with Gasteiger partial charge in [0, 0.05) is 11.8 Å². The lowest BCUT2D eigenvalue weighted by Gasteiger charge is -2.11. The maximum Gasteiger partial charge on any atom is 0.230 e. The number of hydrogen-bond acceptors (Lipinski definition) is 3. The maximum absolute atomic E-state index is 11.9. The van der Waals surface area contributed by atoms with Crippen LogP contribution in [0.2, 0.25) is 0 Å². The van der Waals surface area contributed by atoms with Crippen molar-refractivity contribution in [2.75, 3.05) is 12.9 Å². The first kappa shape index (κ1) is 16.4. The Morgan fingerprint density at radius 2 is 1.82 bits per heavy atom. The second kappa shape index (κ2) is 8.49. The van der Waals surface area contributed by atoms with E-state index in [-0.39, 0.29) is 5.91 Å². The van der Waals surface area contributed by atoms with E-state index >= 15 is 0 Å². The predicted molar refractivity (Wildman–Crippen MR) is 92.2 cm³/mol. The molecule has 1 amide bonds. The van der Waals surface area contributed by atoms with Crippen LogP contribution in [0.3, 0.4) is 0 Å². The average Bonchev–Trinajstić information content (AvgIpc) is 2.59. The Morgan fingerprint density at radius 3 is 2.45 bits per heavy atom. The van der Waals surface area contributed by atoms with Crippen molar-refractivity contribution in [1.82, 2.24) is 5.32 Å². The zero-order chi connectivity index (χ0) is 15.8. The van der Waals surface area contributed by atoms with Gasteiger partial charge in [-0.15, -0.1) is 11.8 Å². The number of hydrogen-bond donors (Lipinski definition) is 1. The highest BCUT2D eigenvalue weighted by atomic mass is 32.2. The minimum Gasteiger partial charge on any atom is -0.497 e. The number of benzene rings is 2. The van der Waals surface area contributed by atoms with Gasteiger partial charge in [0.1, 0.15) is 5.75 Å². The summed E-state index contributed by atoms with van der Waals surface area (Å²) in [5.41, 5.74) is 2.31. The molecule has 0 aliphatic heterocycles. The van der Waals surface area contributed by atoms with E-state index in [0.29, 0.717) is 17.5 Å². The molecule has 116 valence electrons. The average molecular weight is 315 g/mol. The third-order valence-corrected chi connectivity index (χ3v) is 4.58. The van der Waals surface area contributed by atoms with E-state index in [1.54, 1.807) is 18.9 Å². The molecule has 2 aromatic rings. The smallest absolute Gasteiger partial charge is 0.230 e. The number of methoxy groups -OCH3 is 1. The standard InChI is InChI=1S/C18H21NO2S/c1-14(16-6-4-3-5-7-16)22-13-18(20)19-12-15-8-10-17(21-2)11-9-15/h3-11,14H,12-13H2,1-2H3,(H,19,20)/t14-/m0/s1. The predicted octanol–water partition coefficient (Wildman–Crippen LogP) is 3.81. The molecule has 2 aromatic carbocycles. The summed E-state index contributed by atoms with van der Waals surface area (Å²) in [6.45, 7) is 2.67. The number of carbonyl (C=O) groups excluding carboxylic acids is 1. The molecule has 4 heteroatoms. The number of carbonyl (C=O) groups is 1. The summed E-state index contributed by atoms with van der Waals surface area (Å²) < 4.78 is 5.11. The van der Waals surface area contributed by atoms with Gasteiger partial charge in [0.25, 0.3) is 0 Å². The molecule has 0 bridgehead atoms. The van der Waals surface area contributed by atoms with E-state index in [9.17, 15) is 4.79 Å². The summed E-state index contributed by atoms with van der Waals surface area (Å²) in [5.74, 6) is 1.34. The summed E-state index contributed by atoms with van der Waals surface area (Å²) >= 11 is 1.65. The van der Waals surface area contributed by atoms with Crippen LogP contribution in [-0.4, -0.2) is 18.8 Å². The van der Waals surface area contributed by atoms with Gasteiger partial charge in [-0.1, -0.05) is 42.5 Å². The van der Waals surface area contributed by atoms with Gasteiger partial charge in [-0.3, -0.25) is 4.79 Å². The number of amides is 1. The first-order chi connectivity index (χ1) is 10.7. The van der Waals surface area contributed by atoms with Crippen LogP contribution >= 0.6 is 11.8 Å². The summed E-state index contributed by atoms with van der Waals surface area (Å²) in [6.07, 6.45) is 0. The van der Waals surface area contributed by atoms with Crippen LogP contribution < -0.4 is 10.1 Å². The highest BCUT2D eigenvalue weighted by molar-refractivity contribution is 8.00. The van der Waals surface area contributed by atoms with Crippen LogP contribution in [0.4, 0.5) is 0 Å². The number of rotatable bonds is 7.